The normalized spacial score (nSPS) is 10.9. The Bertz CT molecular complexity index is 1070. The molecule has 6 nitrogen and oxygen atoms in total. The fraction of sp³-hybridized carbons (Fsp3) is 0.190. The van der Waals surface area contributed by atoms with Crippen LogP contribution >= 0.6 is 11.3 Å². The van der Waals surface area contributed by atoms with Gasteiger partial charge in [0.25, 0.3) is 5.91 Å². The average molecular weight is 392 g/mol. The van der Waals surface area contributed by atoms with Crippen molar-refractivity contribution in [1.82, 2.24) is 19.9 Å². The molecule has 1 amide bonds. The minimum absolute atomic E-state index is 0.164. The van der Waals surface area contributed by atoms with Gasteiger partial charge >= 0.3 is 0 Å². The molecule has 0 saturated heterocycles. The molecule has 4 aromatic rings. The molecule has 28 heavy (non-hydrogen) atoms. The molecule has 142 valence electrons. The molecule has 0 aliphatic rings. The van der Waals surface area contributed by atoms with Crippen LogP contribution in [0.15, 0.2) is 60.2 Å². The van der Waals surface area contributed by atoms with Crippen molar-refractivity contribution >= 4 is 22.9 Å². The van der Waals surface area contributed by atoms with E-state index < -0.39 is 0 Å². The van der Waals surface area contributed by atoms with Gasteiger partial charge in [-0.05, 0) is 55.1 Å². The van der Waals surface area contributed by atoms with E-state index >= 15 is 0 Å². The number of carbonyl (C=O) groups excluding carboxylic acids is 1. The Labute approximate surface area is 166 Å². The number of benzene rings is 1. The van der Waals surface area contributed by atoms with Crippen molar-refractivity contribution in [1.29, 1.82) is 0 Å². The van der Waals surface area contributed by atoms with Crippen LogP contribution in [0.3, 0.4) is 0 Å². The molecule has 3 heterocycles. The van der Waals surface area contributed by atoms with Gasteiger partial charge in [-0.1, -0.05) is 6.07 Å². The molecule has 7 heteroatoms. The number of nitrogens with one attached hydrogen (secondary N) is 1. The van der Waals surface area contributed by atoms with Gasteiger partial charge in [-0.3, -0.25) is 4.79 Å². The number of carbonyl (C=O) groups is 1. The summed E-state index contributed by atoms with van der Waals surface area (Å²) in [5.41, 5.74) is 2.85. The third-order valence-electron chi connectivity index (χ3n) is 4.34. The summed E-state index contributed by atoms with van der Waals surface area (Å²) in [6.45, 7) is 3.16. The predicted molar refractivity (Wildman–Crippen MR) is 110 cm³/mol. The fourth-order valence-electron chi connectivity index (χ4n) is 3.01. The molecular formula is C21H20N4O2S. The van der Waals surface area contributed by atoms with Crippen LogP contribution in [0.5, 0.6) is 5.75 Å². The minimum atomic E-state index is -0.164. The number of fused-ring (bicyclic) bond motifs is 1. The number of rotatable bonds is 7. The maximum atomic E-state index is 12.6. The lowest BCUT2D eigenvalue weighted by atomic mass is 10.1. The average Bonchev–Trinajstić information content (AvgIpc) is 3.38. The zero-order valence-corrected chi connectivity index (χ0v) is 16.3. The molecule has 0 saturated carbocycles. The molecule has 0 aliphatic carbocycles. The second-order valence-corrected chi connectivity index (χ2v) is 7.20. The zero-order chi connectivity index (χ0) is 19.3. The molecular weight excluding hydrogens is 372 g/mol. The first-order valence-electron chi connectivity index (χ1n) is 9.13. The van der Waals surface area contributed by atoms with E-state index in [9.17, 15) is 4.79 Å². The SMILES string of the molecule is CCOc1ccc(-c2ccnc3c(C(=O)NCCc4cccs4)cnn23)cc1. The highest BCUT2D eigenvalue weighted by molar-refractivity contribution is 7.09. The highest BCUT2D eigenvalue weighted by Crippen LogP contribution is 2.23. The molecule has 0 bridgehead atoms. The van der Waals surface area contributed by atoms with Gasteiger partial charge in [0.15, 0.2) is 5.65 Å². The summed E-state index contributed by atoms with van der Waals surface area (Å²) >= 11 is 1.69. The third-order valence-corrected chi connectivity index (χ3v) is 5.28. The minimum Gasteiger partial charge on any atom is -0.494 e. The van der Waals surface area contributed by atoms with Crippen LogP contribution in [0, 0.1) is 0 Å². The van der Waals surface area contributed by atoms with E-state index in [0.717, 1.165) is 23.4 Å². The molecule has 0 aliphatic heterocycles. The molecule has 1 N–H and O–H groups in total. The summed E-state index contributed by atoms with van der Waals surface area (Å²) < 4.78 is 7.20. The summed E-state index contributed by atoms with van der Waals surface area (Å²) in [6.07, 6.45) is 4.08. The molecule has 3 aromatic heterocycles. The smallest absolute Gasteiger partial charge is 0.256 e. The Hall–Kier alpha value is -3.19. The van der Waals surface area contributed by atoms with Gasteiger partial charge < -0.3 is 10.1 Å². The van der Waals surface area contributed by atoms with E-state index in [1.807, 2.05) is 48.7 Å². The van der Waals surface area contributed by atoms with Gasteiger partial charge in [0.1, 0.15) is 11.3 Å². The molecule has 1 aromatic carbocycles. The maximum absolute atomic E-state index is 12.6. The van der Waals surface area contributed by atoms with Crippen LogP contribution < -0.4 is 10.1 Å². The number of aromatic nitrogens is 3. The Morgan fingerprint density at radius 2 is 2.07 bits per heavy atom. The van der Waals surface area contributed by atoms with E-state index in [-0.39, 0.29) is 5.91 Å². The van der Waals surface area contributed by atoms with Crippen molar-refractivity contribution in [2.24, 2.45) is 0 Å². The van der Waals surface area contributed by atoms with Crippen LogP contribution in [0.4, 0.5) is 0 Å². The Morgan fingerprint density at radius 1 is 1.21 bits per heavy atom. The number of ether oxygens (including phenoxy) is 1. The quantitative estimate of drug-likeness (QED) is 0.519. The first-order valence-corrected chi connectivity index (χ1v) is 10.0. The number of hydrogen-bond acceptors (Lipinski definition) is 5. The second kappa shape index (κ2) is 8.22. The summed E-state index contributed by atoms with van der Waals surface area (Å²) in [5, 5.41) is 9.39. The largest absolute Gasteiger partial charge is 0.494 e. The molecule has 0 fully saturated rings. The number of hydrogen-bond donors (Lipinski definition) is 1. The van der Waals surface area contributed by atoms with Crippen molar-refractivity contribution in [3.05, 3.63) is 70.7 Å². The summed E-state index contributed by atoms with van der Waals surface area (Å²) in [5.74, 6) is 0.658. The zero-order valence-electron chi connectivity index (χ0n) is 15.5. The van der Waals surface area contributed by atoms with Gasteiger partial charge in [0.05, 0.1) is 18.5 Å². The molecule has 0 atom stereocenters. The third kappa shape index (κ3) is 3.75. The van der Waals surface area contributed by atoms with E-state index in [4.69, 9.17) is 4.74 Å². The van der Waals surface area contributed by atoms with Crippen LogP contribution in [-0.4, -0.2) is 33.7 Å². The molecule has 0 unspecified atom stereocenters. The van der Waals surface area contributed by atoms with Crippen molar-refractivity contribution in [2.75, 3.05) is 13.2 Å². The van der Waals surface area contributed by atoms with Crippen LogP contribution in [0.25, 0.3) is 16.9 Å². The Balaban J connectivity index is 1.55. The fourth-order valence-corrected chi connectivity index (χ4v) is 3.72. The van der Waals surface area contributed by atoms with E-state index in [1.54, 1.807) is 28.2 Å². The lowest BCUT2D eigenvalue weighted by molar-refractivity contribution is 0.0955. The van der Waals surface area contributed by atoms with Crippen molar-refractivity contribution in [3.8, 4) is 17.0 Å². The van der Waals surface area contributed by atoms with Crippen molar-refractivity contribution in [3.63, 3.8) is 0 Å². The van der Waals surface area contributed by atoms with Gasteiger partial charge in [-0.25, -0.2) is 9.50 Å². The number of thiophene rings is 1. The van der Waals surface area contributed by atoms with Crippen LogP contribution in [0.1, 0.15) is 22.2 Å². The monoisotopic (exact) mass is 392 g/mol. The topological polar surface area (TPSA) is 68.5 Å². The standard InChI is InChI=1S/C21H20N4O2S/c1-2-27-16-7-5-15(6-8-16)19-10-12-22-20-18(14-24-25(19)20)21(26)23-11-9-17-4-3-13-28-17/h3-8,10,12-14H,2,9,11H2,1H3,(H,23,26). The van der Waals surface area contributed by atoms with Crippen LogP contribution in [0.2, 0.25) is 0 Å². The van der Waals surface area contributed by atoms with E-state index in [1.165, 1.54) is 4.88 Å². The lowest BCUT2D eigenvalue weighted by Gasteiger charge is -2.07. The number of amides is 1. The summed E-state index contributed by atoms with van der Waals surface area (Å²) in [4.78, 5) is 18.2. The second-order valence-electron chi connectivity index (χ2n) is 6.17. The summed E-state index contributed by atoms with van der Waals surface area (Å²) in [7, 11) is 0. The van der Waals surface area contributed by atoms with E-state index in [2.05, 4.69) is 21.5 Å². The molecule has 0 spiro atoms. The first-order chi connectivity index (χ1) is 13.8. The Morgan fingerprint density at radius 3 is 2.82 bits per heavy atom. The van der Waals surface area contributed by atoms with Crippen molar-refractivity contribution in [2.45, 2.75) is 13.3 Å². The summed E-state index contributed by atoms with van der Waals surface area (Å²) in [6, 6.07) is 13.8. The van der Waals surface area contributed by atoms with Gasteiger partial charge in [-0.15, -0.1) is 11.3 Å². The highest BCUT2D eigenvalue weighted by Gasteiger charge is 2.16. The predicted octanol–water partition coefficient (Wildman–Crippen LogP) is 3.83. The van der Waals surface area contributed by atoms with Gasteiger partial charge in [-0.2, -0.15) is 5.10 Å². The van der Waals surface area contributed by atoms with E-state index in [0.29, 0.717) is 24.4 Å². The highest BCUT2D eigenvalue weighted by atomic mass is 32.1. The van der Waals surface area contributed by atoms with Gasteiger partial charge in [0.2, 0.25) is 0 Å². The Kier molecular flexibility index (Phi) is 5.34. The lowest BCUT2D eigenvalue weighted by Crippen LogP contribution is -2.25. The maximum Gasteiger partial charge on any atom is 0.256 e. The molecule has 0 radical (unpaired) electrons. The number of nitrogens with zero attached hydrogens (tertiary/aromatic N) is 3. The van der Waals surface area contributed by atoms with Gasteiger partial charge in [0, 0.05) is 23.2 Å². The molecule has 4 rings (SSSR count). The van der Waals surface area contributed by atoms with Crippen LogP contribution in [-0.2, 0) is 6.42 Å². The first kappa shape index (κ1) is 18.2. The van der Waals surface area contributed by atoms with Crippen molar-refractivity contribution < 1.29 is 9.53 Å².